The quantitative estimate of drug-likeness (QED) is 0.790. The molecular weight excluding hydrogens is 252 g/mol. The molecule has 3 saturated carbocycles. The molecular formula is C17H28O3. The van der Waals surface area contributed by atoms with Gasteiger partial charge in [0.2, 0.25) is 0 Å². The predicted octanol–water partition coefficient (Wildman–Crippen LogP) is 3.15. The van der Waals surface area contributed by atoms with Gasteiger partial charge < -0.3 is 9.84 Å². The molecule has 1 N–H and O–H groups in total. The summed E-state index contributed by atoms with van der Waals surface area (Å²) in [5.74, 6) is 0.751. The Morgan fingerprint density at radius 3 is 2.65 bits per heavy atom. The predicted molar refractivity (Wildman–Crippen MR) is 77.0 cm³/mol. The van der Waals surface area contributed by atoms with Crippen LogP contribution in [0.4, 0.5) is 0 Å². The third-order valence-corrected chi connectivity index (χ3v) is 7.58. The molecule has 0 aromatic heterocycles. The average molecular weight is 280 g/mol. The zero-order valence-electron chi connectivity index (χ0n) is 13.2. The number of ether oxygens (including phenoxy) is 1. The standard InChI is InChI=1S/C17H28O3/c1-11-6-9-16-7-5-8-17(11,16)12(2)14(19)15(16,4)10-20-13(3)18/h11-12,14,19H,5-10H2,1-4H3/t11?,12?,14-,15-,16-,17+/m0/s1. The summed E-state index contributed by atoms with van der Waals surface area (Å²) in [6.45, 7) is 8.61. The van der Waals surface area contributed by atoms with Crippen LogP contribution in [0.3, 0.4) is 0 Å². The van der Waals surface area contributed by atoms with Crippen molar-refractivity contribution in [3.05, 3.63) is 0 Å². The van der Waals surface area contributed by atoms with Crippen LogP contribution in [0.15, 0.2) is 0 Å². The van der Waals surface area contributed by atoms with Crippen molar-refractivity contribution in [2.75, 3.05) is 6.61 Å². The van der Waals surface area contributed by atoms with Crippen LogP contribution < -0.4 is 0 Å². The molecule has 0 aromatic carbocycles. The van der Waals surface area contributed by atoms with E-state index in [4.69, 9.17) is 4.74 Å². The van der Waals surface area contributed by atoms with Gasteiger partial charge in [0.1, 0.15) is 0 Å². The molecule has 0 radical (unpaired) electrons. The Morgan fingerprint density at radius 1 is 1.30 bits per heavy atom. The van der Waals surface area contributed by atoms with Crippen molar-refractivity contribution in [2.45, 2.75) is 65.9 Å². The molecule has 3 rings (SSSR count). The highest BCUT2D eigenvalue weighted by molar-refractivity contribution is 5.66. The maximum Gasteiger partial charge on any atom is 0.302 e. The molecule has 0 bridgehead atoms. The molecule has 20 heavy (non-hydrogen) atoms. The first-order chi connectivity index (χ1) is 9.32. The third-order valence-electron chi connectivity index (χ3n) is 7.58. The van der Waals surface area contributed by atoms with Gasteiger partial charge in [-0.15, -0.1) is 0 Å². The maximum atomic E-state index is 11.3. The van der Waals surface area contributed by atoms with Crippen molar-refractivity contribution in [3.63, 3.8) is 0 Å². The summed E-state index contributed by atoms with van der Waals surface area (Å²) in [6, 6.07) is 0. The van der Waals surface area contributed by atoms with Crippen LogP contribution >= 0.6 is 0 Å². The minimum atomic E-state index is -0.357. The number of hydrogen-bond acceptors (Lipinski definition) is 3. The van der Waals surface area contributed by atoms with Gasteiger partial charge >= 0.3 is 5.97 Å². The van der Waals surface area contributed by atoms with Gasteiger partial charge in [-0.1, -0.05) is 27.2 Å². The van der Waals surface area contributed by atoms with Crippen LogP contribution in [0, 0.1) is 28.1 Å². The van der Waals surface area contributed by atoms with Gasteiger partial charge in [-0.05, 0) is 48.3 Å². The maximum absolute atomic E-state index is 11.3. The molecule has 6 atom stereocenters. The fraction of sp³-hybridized carbons (Fsp3) is 0.941. The molecule has 3 nitrogen and oxygen atoms in total. The third kappa shape index (κ3) is 1.33. The van der Waals surface area contributed by atoms with E-state index in [2.05, 4.69) is 20.8 Å². The molecule has 3 fully saturated rings. The molecule has 0 saturated heterocycles. The molecule has 3 aliphatic rings. The van der Waals surface area contributed by atoms with E-state index in [0.29, 0.717) is 18.4 Å². The van der Waals surface area contributed by atoms with Crippen LogP contribution in [0.2, 0.25) is 0 Å². The van der Waals surface area contributed by atoms with Gasteiger partial charge in [-0.2, -0.15) is 0 Å². The summed E-state index contributed by atoms with van der Waals surface area (Å²) in [5, 5.41) is 11.0. The topological polar surface area (TPSA) is 46.5 Å². The van der Waals surface area contributed by atoms with Crippen LogP contribution in [0.5, 0.6) is 0 Å². The Bertz CT molecular complexity index is 434. The average Bonchev–Trinajstić information content (AvgIpc) is 2.96. The van der Waals surface area contributed by atoms with Crippen molar-refractivity contribution in [1.82, 2.24) is 0 Å². The van der Waals surface area contributed by atoms with Gasteiger partial charge in [-0.25, -0.2) is 0 Å². The van der Waals surface area contributed by atoms with Crippen molar-refractivity contribution < 1.29 is 14.6 Å². The van der Waals surface area contributed by atoms with E-state index < -0.39 is 0 Å². The van der Waals surface area contributed by atoms with E-state index in [9.17, 15) is 9.90 Å². The first-order valence-corrected chi connectivity index (χ1v) is 8.13. The van der Waals surface area contributed by atoms with Gasteiger partial charge in [0.05, 0.1) is 12.7 Å². The molecule has 2 unspecified atom stereocenters. The van der Waals surface area contributed by atoms with Gasteiger partial charge in [-0.3, -0.25) is 4.79 Å². The van der Waals surface area contributed by atoms with E-state index in [-0.39, 0.29) is 28.3 Å². The van der Waals surface area contributed by atoms with Crippen LogP contribution in [-0.4, -0.2) is 23.8 Å². The molecule has 3 aliphatic carbocycles. The fourth-order valence-corrected chi connectivity index (χ4v) is 6.76. The second kappa shape index (κ2) is 4.22. The lowest BCUT2D eigenvalue weighted by molar-refractivity contribution is -0.152. The van der Waals surface area contributed by atoms with E-state index in [0.717, 1.165) is 0 Å². The minimum absolute atomic E-state index is 0.174. The molecule has 114 valence electrons. The van der Waals surface area contributed by atoms with Crippen LogP contribution in [-0.2, 0) is 9.53 Å². The number of hydrogen-bond donors (Lipinski definition) is 1. The number of carbonyl (C=O) groups is 1. The zero-order valence-corrected chi connectivity index (χ0v) is 13.2. The second-order valence-corrected chi connectivity index (χ2v) is 7.85. The summed E-state index contributed by atoms with van der Waals surface area (Å²) in [7, 11) is 0. The molecule has 0 aliphatic heterocycles. The molecule has 0 aromatic rings. The second-order valence-electron chi connectivity index (χ2n) is 7.85. The van der Waals surface area contributed by atoms with Crippen molar-refractivity contribution in [3.8, 4) is 0 Å². The number of aliphatic hydroxyl groups is 1. The fourth-order valence-electron chi connectivity index (χ4n) is 6.76. The van der Waals surface area contributed by atoms with Gasteiger partial charge in [0, 0.05) is 12.3 Å². The van der Waals surface area contributed by atoms with E-state index >= 15 is 0 Å². The van der Waals surface area contributed by atoms with Crippen molar-refractivity contribution in [1.29, 1.82) is 0 Å². The highest BCUT2D eigenvalue weighted by atomic mass is 16.5. The molecule has 0 heterocycles. The highest BCUT2D eigenvalue weighted by Crippen LogP contribution is 2.80. The molecule has 3 heteroatoms. The lowest BCUT2D eigenvalue weighted by Crippen LogP contribution is -2.47. The Kier molecular flexibility index (Phi) is 3.03. The van der Waals surface area contributed by atoms with E-state index in [1.807, 2.05) is 0 Å². The Balaban J connectivity index is 2.05. The SMILES string of the molecule is CC(=O)OC[C@@]1(C)[C@@H](O)C(C)[C@]23CCC[C@@]21CCC3C. The van der Waals surface area contributed by atoms with Crippen LogP contribution in [0.1, 0.15) is 59.8 Å². The molecule has 0 amide bonds. The van der Waals surface area contributed by atoms with Crippen molar-refractivity contribution in [2.24, 2.45) is 28.1 Å². The smallest absolute Gasteiger partial charge is 0.302 e. The van der Waals surface area contributed by atoms with Crippen molar-refractivity contribution >= 4 is 5.97 Å². The Hall–Kier alpha value is -0.570. The van der Waals surface area contributed by atoms with Gasteiger partial charge in [0.25, 0.3) is 0 Å². The Labute approximate surface area is 122 Å². The number of aliphatic hydroxyl groups excluding tert-OH is 1. The van der Waals surface area contributed by atoms with E-state index in [1.54, 1.807) is 0 Å². The first kappa shape index (κ1) is 14.4. The van der Waals surface area contributed by atoms with Gasteiger partial charge in [0.15, 0.2) is 0 Å². The van der Waals surface area contributed by atoms with Crippen LogP contribution in [0.25, 0.3) is 0 Å². The highest BCUT2D eigenvalue weighted by Gasteiger charge is 2.77. The monoisotopic (exact) mass is 280 g/mol. The largest absolute Gasteiger partial charge is 0.465 e. The lowest BCUT2D eigenvalue weighted by atomic mass is 9.57. The summed E-state index contributed by atoms with van der Waals surface area (Å²) in [4.78, 5) is 11.3. The summed E-state index contributed by atoms with van der Waals surface area (Å²) < 4.78 is 5.39. The Morgan fingerprint density at radius 2 is 2.00 bits per heavy atom. The normalized spacial score (nSPS) is 53.8. The van der Waals surface area contributed by atoms with E-state index in [1.165, 1.54) is 39.0 Å². The molecule has 0 spiro atoms. The summed E-state index contributed by atoms with van der Waals surface area (Å²) in [6.07, 6.45) is 5.78. The summed E-state index contributed by atoms with van der Waals surface area (Å²) in [5.41, 5.74) is 0.161. The minimum Gasteiger partial charge on any atom is -0.465 e. The number of esters is 1. The summed E-state index contributed by atoms with van der Waals surface area (Å²) >= 11 is 0. The first-order valence-electron chi connectivity index (χ1n) is 8.13. The lowest BCUT2D eigenvalue weighted by Gasteiger charge is -2.47. The number of carbonyl (C=O) groups excluding carboxylic acids is 1. The zero-order chi connectivity index (χ0) is 14.8. The number of rotatable bonds is 2.